The van der Waals surface area contributed by atoms with Crippen LogP contribution in [-0.4, -0.2) is 19.1 Å². The third-order valence-electron chi connectivity index (χ3n) is 2.34. The number of aromatic nitrogens is 1. The number of rotatable bonds is 5. The zero-order chi connectivity index (χ0) is 12.8. The van der Waals surface area contributed by atoms with Crippen molar-refractivity contribution in [1.29, 1.82) is 0 Å². The molecule has 0 amide bonds. The molecule has 18 heavy (non-hydrogen) atoms. The second kappa shape index (κ2) is 6.16. The average Bonchev–Trinajstić information content (AvgIpc) is 2.45. The van der Waals surface area contributed by atoms with Crippen molar-refractivity contribution in [3.8, 4) is 5.88 Å². The first-order valence-electron chi connectivity index (χ1n) is 5.54. The number of hydrogen-bond acceptors (Lipinski definition) is 5. The summed E-state index contributed by atoms with van der Waals surface area (Å²) < 4.78 is 8.39. The van der Waals surface area contributed by atoms with Gasteiger partial charge in [0.2, 0.25) is 5.88 Å². The summed E-state index contributed by atoms with van der Waals surface area (Å²) in [6, 6.07) is 13.9. The molecular formula is C13H15N3OS. The molecule has 0 aliphatic rings. The molecule has 2 N–H and O–H groups in total. The summed E-state index contributed by atoms with van der Waals surface area (Å²) in [5.41, 5.74) is 0.868. The van der Waals surface area contributed by atoms with Crippen LogP contribution < -0.4 is 14.8 Å². The Morgan fingerprint density at radius 3 is 2.56 bits per heavy atom. The largest absolute Gasteiger partial charge is 0.479 e. The quantitative estimate of drug-likeness (QED) is 0.809. The van der Waals surface area contributed by atoms with Crippen molar-refractivity contribution in [3.63, 3.8) is 0 Å². The Labute approximate surface area is 111 Å². The van der Waals surface area contributed by atoms with E-state index in [4.69, 9.17) is 4.74 Å². The zero-order valence-corrected chi connectivity index (χ0v) is 11.1. The molecule has 0 atom stereocenters. The maximum absolute atomic E-state index is 5.21. The van der Waals surface area contributed by atoms with Crippen LogP contribution in [0, 0.1) is 0 Å². The number of ether oxygens (including phenoxy) is 1. The van der Waals surface area contributed by atoms with E-state index in [1.165, 1.54) is 11.9 Å². The van der Waals surface area contributed by atoms with Gasteiger partial charge in [-0.2, -0.15) is 4.98 Å². The number of methoxy groups -OCH3 is 1. The normalized spacial score (nSPS) is 9.89. The van der Waals surface area contributed by atoms with E-state index in [0.717, 1.165) is 16.4 Å². The fraction of sp³-hybridized carbons (Fsp3) is 0.154. The van der Waals surface area contributed by atoms with Gasteiger partial charge in [0.05, 0.1) is 12.8 Å². The summed E-state index contributed by atoms with van der Waals surface area (Å²) in [7, 11) is 3.45. The van der Waals surface area contributed by atoms with Crippen LogP contribution in [0.3, 0.4) is 0 Å². The molecule has 0 spiro atoms. The van der Waals surface area contributed by atoms with Gasteiger partial charge in [0, 0.05) is 11.9 Å². The average molecular weight is 261 g/mol. The first-order chi connectivity index (χ1) is 8.83. The van der Waals surface area contributed by atoms with Crippen LogP contribution in [0.15, 0.2) is 47.4 Å². The van der Waals surface area contributed by atoms with Gasteiger partial charge in [-0.1, -0.05) is 18.2 Å². The van der Waals surface area contributed by atoms with E-state index in [9.17, 15) is 0 Å². The maximum Gasteiger partial charge on any atom is 0.239 e. The van der Waals surface area contributed by atoms with Crippen LogP contribution in [0.2, 0.25) is 0 Å². The van der Waals surface area contributed by atoms with Gasteiger partial charge in [-0.25, -0.2) is 0 Å². The predicted octanol–water partition coefficient (Wildman–Crippen LogP) is 3.25. The highest BCUT2D eigenvalue weighted by Gasteiger charge is 2.04. The molecule has 5 heteroatoms. The Morgan fingerprint density at radius 1 is 1.11 bits per heavy atom. The van der Waals surface area contributed by atoms with Crippen molar-refractivity contribution in [2.45, 2.75) is 4.90 Å². The van der Waals surface area contributed by atoms with Crippen molar-refractivity contribution < 1.29 is 4.74 Å². The van der Waals surface area contributed by atoms with Crippen molar-refractivity contribution >= 4 is 23.5 Å². The fourth-order valence-electron chi connectivity index (χ4n) is 1.44. The first kappa shape index (κ1) is 12.6. The molecule has 0 aliphatic heterocycles. The Hall–Kier alpha value is -1.88. The Kier molecular flexibility index (Phi) is 4.30. The minimum absolute atomic E-state index is 0.580. The summed E-state index contributed by atoms with van der Waals surface area (Å²) >= 11 is 1.52. The predicted molar refractivity (Wildman–Crippen MR) is 76.3 cm³/mol. The molecular weight excluding hydrogens is 246 g/mol. The maximum atomic E-state index is 5.21. The van der Waals surface area contributed by atoms with Gasteiger partial charge in [-0.3, -0.25) is 0 Å². The van der Waals surface area contributed by atoms with Gasteiger partial charge in [-0.05, 0) is 36.2 Å². The van der Waals surface area contributed by atoms with E-state index in [2.05, 4.69) is 15.0 Å². The van der Waals surface area contributed by atoms with Crippen LogP contribution in [0.5, 0.6) is 5.88 Å². The van der Waals surface area contributed by atoms with Crippen molar-refractivity contribution in [2.24, 2.45) is 0 Å². The van der Waals surface area contributed by atoms with E-state index >= 15 is 0 Å². The lowest BCUT2D eigenvalue weighted by Crippen LogP contribution is -1.98. The third kappa shape index (κ3) is 3.07. The van der Waals surface area contributed by atoms with Gasteiger partial charge < -0.3 is 14.8 Å². The van der Waals surface area contributed by atoms with Gasteiger partial charge >= 0.3 is 0 Å². The van der Waals surface area contributed by atoms with E-state index in [0.29, 0.717) is 5.88 Å². The zero-order valence-electron chi connectivity index (χ0n) is 10.3. The van der Waals surface area contributed by atoms with Crippen molar-refractivity contribution in [2.75, 3.05) is 24.2 Å². The molecule has 0 unspecified atom stereocenters. The number of nitrogens with one attached hydrogen (secondary N) is 2. The van der Waals surface area contributed by atoms with E-state index in [-0.39, 0.29) is 0 Å². The molecule has 0 aliphatic carbocycles. The van der Waals surface area contributed by atoms with E-state index in [1.807, 2.05) is 49.5 Å². The molecule has 0 fully saturated rings. The SMILES string of the molecule is CNc1ccc(NSc2ccccc2)nc1OC. The Morgan fingerprint density at radius 2 is 1.89 bits per heavy atom. The summed E-state index contributed by atoms with van der Waals surface area (Å²) in [6.45, 7) is 0. The highest BCUT2D eigenvalue weighted by atomic mass is 32.2. The fourth-order valence-corrected chi connectivity index (χ4v) is 2.07. The first-order valence-corrected chi connectivity index (χ1v) is 6.36. The Bertz CT molecular complexity index is 505. The summed E-state index contributed by atoms with van der Waals surface area (Å²) in [6.07, 6.45) is 0. The van der Waals surface area contributed by atoms with Gasteiger partial charge in [0.25, 0.3) is 0 Å². The Balaban J connectivity index is 2.06. The third-order valence-corrected chi connectivity index (χ3v) is 3.16. The second-order valence-electron chi connectivity index (χ2n) is 3.52. The van der Waals surface area contributed by atoms with Crippen molar-refractivity contribution in [3.05, 3.63) is 42.5 Å². The molecule has 94 valence electrons. The number of pyridine rings is 1. The van der Waals surface area contributed by atoms with E-state index < -0.39 is 0 Å². The van der Waals surface area contributed by atoms with Gasteiger partial charge in [0.1, 0.15) is 5.82 Å². The molecule has 0 radical (unpaired) electrons. The summed E-state index contributed by atoms with van der Waals surface area (Å²) in [5, 5.41) is 3.03. The molecule has 0 saturated carbocycles. The molecule has 2 rings (SSSR count). The summed E-state index contributed by atoms with van der Waals surface area (Å²) in [4.78, 5) is 5.50. The molecule has 1 heterocycles. The lowest BCUT2D eigenvalue weighted by Gasteiger charge is -2.09. The summed E-state index contributed by atoms with van der Waals surface area (Å²) in [5.74, 6) is 1.34. The van der Waals surface area contributed by atoms with Crippen LogP contribution >= 0.6 is 11.9 Å². The van der Waals surface area contributed by atoms with Crippen LogP contribution in [-0.2, 0) is 0 Å². The molecule has 2 aromatic rings. The standard InChI is InChI=1S/C13H15N3OS/c1-14-11-8-9-12(15-13(11)17-2)16-18-10-6-4-3-5-7-10/h3-9,14H,1-2H3,(H,15,16). The lowest BCUT2D eigenvalue weighted by molar-refractivity contribution is 0.400. The monoisotopic (exact) mass is 261 g/mol. The van der Waals surface area contributed by atoms with Gasteiger partial charge in [0.15, 0.2) is 0 Å². The molecule has 1 aromatic heterocycles. The number of hydrogen-bond donors (Lipinski definition) is 2. The molecule has 4 nitrogen and oxygen atoms in total. The minimum atomic E-state index is 0.580. The smallest absolute Gasteiger partial charge is 0.239 e. The van der Waals surface area contributed by atoms with Crippen molar-refractivity contribution in [1.82, 2.24) is 4.98 Å². The second-order valence-corrected chi connectivity index (χ2v) is 4.40. The topological polar surface area (TPSA) is 46.2 Å². The van der Waals surface area contributed by atoms with E-state index in [1.54, 1.807) is 7.11 Å². The van der Waals surface area contributed by atoms with Crippen LogP contribution in [0.4, 0.5) is 11.5 Å². The molecule has 1 aromatic carbocycles. The number of anilines is 2. The molecule has 0 bridgehead atoms. The van der Waals surface area contributed by atoms with Gasteiger partial charge in [-0.15, -0.1) is 0 Å². The number of nitrogens with zero attached hydrogens (tertiary/aromatic N) is 1. The highest BCUT2D eigenvalue weighted by molar-refractivity contribution is 8.00. The molecule has 0 saturated heterocycles. The highest BCUT2D eigenvalue weighted by Crippen LogP contribution is 2.26. The minimum Gasteiger partial charge on any atom is -0.479 e. The number of benzene rings is 1. The van der Waals surface area contributed by atoms with Crippen LogP contribution in [0.25, 0.3) is 0 Å². The lowest BCUT2D eigenvalue weighted by atomic mass is 10.4. The van der Waals surface area contributed by atoms with Crippen LogP contribution in [0.1, 0.15) is 0 Å².